The van der Waals surface area contributed by atoms with E-state index in [0.29, 0.717) is 17.5 Å². The Morgan fingerprint density at radius 1 is 1.22 bits per heavy atom. The predicted octanol–water partition coefficient (Wildman–Crippen LogP) is 3.22. The van der Waals surface area contributed by atoms with Crippen LogP contribution in [0, 0.1) is 0 Å². The fourth-order valence-corrected chi connectivity index (χ4v) is 2.06. The summed E-state index contributed by atoms with van der Waals surface area (Å²) in [5, 5.41) is 4.79. The van der Waals surface area contributed by atoms with Crippen molar-refractivity contribution in [3.8, 4) is 0 Å². The fourth-order valence-electron chi connectivity index (χ4n) is 1.91. The maximum Gasteiger partial charge on any atom is 0.149 e. The van der Waals surface area contributed by atoms with Crippen LogP contribution in [0.2, 0.25) is 5.15 Å². The molecule has 3 rings (SSSR count). The first kappa shape index (κ1) is 11.0. The third-order valence-corrected chi connectivity index (χ3v) is 2.92. The molecule has 0 fully saturated rings. The number of fused-ring (bicyclic) bond motifs is 1. The van der Waals surface area contributed by atoms with Crippen molar-refractivity contribution in [1.82, 2.24) is 15.0 Å². The Morgan fingerprint density at radius 2 is 2.17 bits per heavy atom. The molecular formula is C13H11ClN4. The monoisotopic (exact) mass is 258 g/mol. The molecule has 18 heavy (non-hydrogen) atoms. The van der Waals surface area contributed by atoms with E-state index in [1.165, 1.54) is 17.1 Å². The molecule has 3 aromatic rings. The topological polar surface area (TPSA) is 53.6 Å². The van der Waals surface area contributed by atoms with Crippen LogP contribution in [0.25, 0.3) is 10.9 Å². The number of benzene rings is 1. The van der Waals surface area contributed by atoms with Crippen LogP contribution in [0.1, 0.15) is 5.56 Å². The molecule has 0 saturated carbocycles. The van der Waals surface area contributed by atoms with Gasteiger partial charge in [0.25, 0.3) is 0 Å². The quantitative estimate of drug-likeness (QED) is 0.758. The van der Waals surface area contributed by atoms with Crippen LogP contribution in [0.3, 0.4) is 0 Å². The number of anilines is 1. The summed E-state index contributed by atoms with van der Waals surface area (Å²) in [6.07, 6.45) is 5.10. The normalized spacial score (nSPS) is 10.7. The highest BCUT2D eigenvalue weighted by atomic mass is 35.5. The van der Waals surface area contributed by atoms with E-state index in [1.54, 1.807) is 6.20 Å². The average molecular weight is 259 g/mol. The van der Waals surface area contributed by atoms with Crippen LogP contribution < -0.4 is 5.32 Å². The van der Waals surface area contributed by atoms with Crippen molar-refractivity contribution >= 4 is 28.3 Å². The zero-order valence-corrected chi connectivity index (χ0v) is 10.3. The highest BCUT2D eigenvalue weighted by Crippen LogP contribution is 2.18. The number of H-pyrrole nitrogens is 1. The first-order valence-electron chi connectivity index (χ1n) is 5.59. The smallest absolute Gasteiger partial charge is 0.149 e. The molecule has 2 heterocycles. The van der Waals surface area contributed by atoms with E-state index >= 15 is 0 Å². The number of nitrogens with one attached hydrogen (secondary N) is 2. The minimum absolute atomic E-state index is 0.387. The van der Waals surface area contributed by atoms with Gasteiger partial charge < -0.3 is 10.3 Å². The van der Waals surface area contributed by atoms with Crippen molar-refractivity contribution in [2.24, 2.45) is 0 Å². The Kier molecular flexibility index (Phi) is 2.86. The maximum atomic E-state index is 5.78. The van der Waals surface area contributed by atoms with Gasteiger partial charge in [-0.15, -0.1) is 0 Å². The number of aromatic nitrogens is 3. The second-order valence-corrected chi connectivity index (χ2v) is 4.33. The van der Waals surface area contributed by atoms with Gasteiger partial charge in [0.05, 0.1) is 17.9 Å². The Balaban J connectivity index is 1.83. The summed E-state index contributed by atoms with van der Waals surface area (Å²) < 4.78 is 0. The molecule has 1 aromatic carbocycles. The lowest BCUT2D eigenvalue weighted by molar-refractivity contribution is 1.09. The van der Waals surface area contributed by atoms with Gasteiger partial charge in [0.15, 0.2) is 0 Å². The summed E-state index contributed by atoms with van der Waals surface area (Å²) in [5.41, 5.74) is 2.32. The predicted molar refractivity (Wildman–Crippen MR) is 72.7 cm³/mol. The van der Waals surface area contributed by atoms with Crippen molar-refractivity contribution < 1.29 is 0 Å². The molecule has 90 valence electrons. The fraction of sp³-hybridized carbons (Fsp3) is 0.0769. The van der Waals surface area contributed by atoms with Crippen LogP contribution in [-0.4, -0.2) is 15.0 Å². The maximum absolute atomic E-state index is 5.78. The zero-order chi connectivity index (χ0) is 12.4. The number of hydrogen-bond acceptors (Lipinski definition) is 3. The molecule has 4 nitrogen and oxygen atoms in total. The van der Waals surface area contributed by atoms with E-state index in [1.807, 2.05) is 12.3 Å². The second kappa shape index (κ2) is 4.66. The highest BCUT2D eigenvalue weighted by molar-refractivity contribution is 6.29. The van der Waals surface area contributed by atoms with E-state index in [2.05, 4.69) is 38.5 Å². The third kappa shape index (κ3) is 2.15. The minimum Gasteiger partial charge on any atom is -0.365 e. The van der Waals surface area contributed by atoms with Crippen molar-refractivity contribution in [3.05, 3.63) is 53.6 Å². The Labute approximate surface area is 109 Å². The molecule has 0 saturated heterocycles. The standard InChI is InChI=1S/C13H11ClN4/c14-11-7-15-8-12(18-11)17-6-10-3-1-2-9-4-5-16-13(9)10/h1-5,7-8,16H,6H2,(H,17,18). The van der Waals surface area contributed by atoms with Gasteiger partial charge in [0.1, 0.15) is 11.0 Å². The van der Waals surface area contributed by atoms with Crippen LogP contribution in [0.5, 0.6) is 0 Å². The van der Waals surface area contributed by atoms with Gasteiger partial charge in [-0.1, -0.05) is 29.8 Å². The average Bonchev–Trinajstić information content (AvgIpc) is 2.85. The number of nitrogens with zero attached hydrogens (tertiary/aromatic N) is 2. The lowest BCUT2D eigenvalue weighted by Gasteiger charge is -2.06. The summed E-state index contributed by atoms with van der Waals surface area (Å²) in [4.78, 5) is 11.4. The highest BCUT2D eigenvalue weighted by Gasteiger charge is 2.02. The molecule has 0 bridgehead atoms. The van der Waals surface area contributed by atoms with Crippen LogP contribution in [0.4, 0.5) is 5.82 Å². The van der Waals surface area contributed by atoms with Crippen molar-refractivity contribution in [1.29, 1.82) is 0 Å². The molecule has 0 amide bonds. The van der Waals surface area contributed by atoms with Crippen LogP contribution >= 0.6 is 11.6 Å². The summed E-state index contributed by atoms with van der Waals surface area (Å²) in [6, 6.07) is 8.24. The zero-order valence-electron chi connectivity index (χ0n) is 9.52. The van der Waals surface area contributed by atoms with Gasteiger partial charge in [0, 0.05) is 12.7 Å². The molecule has 0 radical (unpaired) electrons. The van der Waals surface area contributed by atoms with Gasteiger partial charge in [-0.2, -0.15) is 0 Å². The van der Waals surface area contributed by atoms with Gasteiger partial charge in [0.2, 0.25) is 0 Å². The molecular weight excluding hydrogens is 248 g/mol. The van der Waals surface area contributed by atoms with Crippen molar-refractivity contribution in [3.63, 3.8) is 0 Å². The van der Waals surface area contributed by atoms with Gasteiger partial charge >= 0.3 is 0 Å². The first-order chi connectivity index (χ1) is 8.83. The third-order valence-electron chi connectivity index (χ3n) is 2.74. The number of para-hydroxylation sites is 1. The van der Waals surface area contributed by atoms with E-state index < -0.39 is 0 Å². The van der Waals surface area contributed by atoms with E-state index in [9.17, 15) is 0 Å². The van der Waals surface area contributed by atoms with Gasteiger partial charge in [-0.05, 0) is 17.0 Å². The summed E-state index contributed by atoms with van der Waals surface area (Å²) in [6.45, 7) is 0.673. The number of rotatable bonds is 3. The van der Waals surface area contributed by atoms with Gasteiger partial charge in [-0.25, -0.2) is 4.98 Å². The van der Waals surface area contributed by atoms with E-state index in [-0.39, 0.29) is 0 Å². The lowest BCUT2D eigenvalue weighted by Crippen LogP contribution is -2.02. The molecule has 0 aliphatic heterocycles. The lowest BCUT2D eigenvalue weighted by atomic mass is 10.1. The summed E-state index contributed by atoms with van der Waals surface area (Å²) in [5.74, 6) is 0.672. The minimum atomic E-state index is 0.387. The molecule has 0 spiro atoms. The first-order valence-corrected chi connectivity index (χ1v) is 5.97. The molecule has 2 N–H and O–H groups in total. The molecule has 0 atom stereocenters. The molecule has 0 aliphatic rings. The van der Waals surface area contributed by atoms with E-state index in [4.69, 9.17) is 11.6 Å². The number of hydrogen-bond donors (Lipinski definition) is 2. The largest absolute Gasteiger partial charge is 0.365 e. The molecule has 0 unspecified atom stereocenters. The van der Waals surface area contributed by atoms with E-state index in [0.717, 1.165) is 5.52 Å². The SMILES string of the molecule is Clc1cncc(NCc2cccc3cc[nH]c23)n1. The molecule has 2 aromatic heterocycles. The van der Waals surface area contributed by atoms with Crippen molar-refractivity contribution in [2.45, 2.75) is 6.54 Å². The summed E-state index contributed by atoms with van der Waals surface area (Å²) in [7, 11) is 0. The second-order valence-electron chi connectivity index (χ2n) is 3.94. The van der Waals surface area contributed by atoms with Crippen LogP contribution in [-0.2, 0) is 6.54 Å². The Hall–Kier alpha value is -2.07. The molecule has 5 heteroatoms. The number of halogens is 1. The molecule has 0 aliphatic carbocycles. The van der Waals surface area contributed by atoms with Gasteiger partial charge in [-0.3, -0.25) is 4.98 Å². The van der Waals surface area contributed by atoms with Crippen LogP contribution in [0.15, 0.2) is 42.9 Å². The van der Waals surface area contributed by atoms with Crippen molar-refractivity contribution in [2.75, 3.05) is 5.32 Å². The Bertz CT molecular complexity index is 677. The Morgan fingerprint density at radius 3 is 3.06 bits per heavy atom. The summed E-state index contributed by atoms with van der Waals surface area (Å²) >= 11 is 5.78. The number of aromatic amines is 1.